The Kier molecular flexibility index (Phi) is 5.21. The van der Waals surface area contributed by atoms with Crippen molar-refractivity contribution in [2.45, 2.75) is 42.7 Å². The Bertz CT molecular complexity index is 873. The van der Waals surface area contributed by atoms with E-state index < -0.39 is 10.0 Å². The summed E-state index contributed by atoms with van der Waals surface area (Å²) in [6, 6.07) is 7.71. The number of ether oxygens (including phenoxy) is 2. The predicted octanol–water partition coefficient (Wildman–Crippen LogP) is 2.77. The summed E-state index contributed by atoms with van der Waals surface area (Å²) in [4.78, 5) is 0.273. The smallest absolute Gasteiger partial charge is 0.246 e. The zero-order chi connectivity index (χ0) is 18.9. The van der Waals surface area contributed by atoms with Crippen LogP contribution in [0.5, 0.6) is 5.75 Å². The molecule has 1 aromatic heterocycles. The molecule has 7 nitrogen and oxygen atoms in total. The summed E-state index contributed by atoms with van der Waals surface area (Å²) < 4.78 is 40.5. The van der Waals surface area contributed by atoms with Gasteiger partial charge in [0.1, 0.15) is 10.6 Å². The van der Waals surface area contributed by atoms with Gasteiger partial charge in [0.05, 0.1) is 25.4 Å². The molecular weight excluding hydrogens is 366 g/mol. The van der Waals surface area contributed by atoms with E-state index >= 15 is 0 Å². The van der Waals surface area contributed by atoms with Crippen molar-refractivity contribution in [2.75, 3.05) is 26.9 Å². The van der Waals surface area contributed by atoms with Gasteiger partial charge in [-0.25, -0.2) is 8.42 Å². The summed E-state index contributed by atoms with van der Waals surface area (Å²) in [6.45, 7) is 1.91. The third-order valence-electron chi connectivity index (χ3n) is 5.45. The summed E-state index contributed by atoms with van der Waals surface area (Å²) >= 11 is 0. The Hall–Kier alpha value is -1.90. The molecule has 27 heavy (non-hydrogen) atoms. The molecule has 2 fully saturated rings. The minimum absolute atomic E-state index is 0.146. The van der Waals surface area contributed by atoms with E-state index in [0.29, 0.717) is 19.8 Å². The highest BCUT2D eigenvalue weighted by atomic mass is 32.2. The number of rotatable bonds is 5. The van der Waals surface area contributed by atoms with Crippen molar-refractivity contribution in [3.63, 3.8) is 0 Å². The van der Waals surface area contributed by atoms with Gasteiger partial charge in [-0.2, -0.15) is 9.40 Å². The van der Waals surface area contributed by atoms with Gasteiger partial charge in [-0.3, -0.25) is 4.68 Å². The molecule has 1 unspecified atom stereocenters. The lowest BCUT2D eigenvalue weighted by Crippen LogP contribution is -2.30. The van der Waals surface area contributed by atoms with E-state index in [2.05, 4.69) is 5.10 Å². The molecule has 0 radical (unpaired) electrons. The maximum atomic E-state index is 13.3. The molecule has 2 aliphatic rings. The Balaban J connectivity index is 1.57. The minimum Gasteiger partial charge on any atom is -0.497 e. The van der Waals surface area contributed by atoms with Gasteiger partial charge < -0.3 is 9.47 Å². The molecule has 2 saturated heterocycles. The summed E-state index contributed by atoms with van der Waals surface area (Å²) in [5.41, 5.74) is 0.994. The molecule has 0 bridgehead atoms. The van der Waals surface area contributed by atoms with Crippen LogP contribution in [0, 0.1) is 0 Å². The van der Waals surface area contributed by atoms with Crippen molar-refractivity contribution in [1.82, 2.24) is 14.1 Å². The summed E-state index contributed by atoms with van der Waals surface area (Å²) in [6.07, 6.45) is 6.55. The van der Waals surface area contributed by atoms with E-state index in [1.807, 2.05) is 24.3 Å². The number of nitrogens with zero attached hydrogens (tertiary/aromatic N) is 3. The van der Waals surface area contributed by atoms with Gasteiger partial charge in [0.25, 0.3) is 0 Å². The Morgan fingerprint density at radius 1 is 1.15 bits per heavy atom. The van der Waals surface area contributed by atoms with Crippen LogP contribution in [0.2, 0.25) is 0 Å². The van der Waals surface area contributed by atoms with Gasteiger partial charge in [-0.1, -0.05) is 12.1 Å². The van der Waals surface area contributed by atoms with Crippen molar-refractivity contribution in [3.05, 3.63) is 42.2 Å². The quantitative estimate of drug-likeness (QED) is 0.784. The fraction of sp³-hybridized carbons (Fsp3) is 0.526. The summed E-state index contributed by atoms with van der Waals surface area (Å²) in [7, 11) is -1.96. The van der Waals surface area contributed by atoms with Crippen molar-refractivity contribution < 1.29 is 17.9 Å². The first-order valence-electron chi connectivity index (χ1n) is 9.37. The van der Waals surface area contributed by atoms with Gasteiger partial charge in [-0.05, 0) is 43.4 Å². The highest BCUT2D eigenvalue weighted by molar-refractivity contribution is 7.89. The highest BCUT2D eigenvalue weighted by Crippen LogP contribution is 2.37. The second-order valence-corrected chi connectivity index (χ2v) is 8.94. The first-order chi connectivity index (χ1) is 13.1. The second-order valence-electron chi connectivity index (χ2n) is 7.05. The van der Waals surface area contributed by atoms with Crippen LogP contribution < -0.4 is 4.74 Å². The predicted molar refractivity (Wildman–Crippen MR) is 100 cm³/mol. The van der Waals surface area contributed by atoms with Crippen molar-refractivity contribution in [2.24, 2.45) is 0 Å². The van der Waals surface area contributed by atoms with Crippen LogP contribution in [0.1, 0.15) is 43.3 Å². The van der Waals surface area contributed by atoms with E-state index in [1.165, 1.54) is 6.20 Å². The maximum Gasteiger partial charge on any atom is 0.246 e. The molecule has 0 N–H and O–H groups in total. The fourth-order valence-corrected chi connectivity index (χ4v) is 5.55. The average Bonchev–Trinajstić information content (AvgIpc) is 3.39. The molecule has 2 aliphatic heterocycles. The lowest BCUT2D eigenvalue weighted by Gasteiger charge is -2.24. The Morgan fingerprint density at radius 3 is 2.59 bits per heavy atom. The summed E-state index contributed by atoms with van der Waals surface area (Å²) in [5.74, 6) is 0.767. The van der Waals surface area contributed by atoms with E-state index in [4.69, 9.17) is 9.47 Å². The topological polar surface area (TPSA) is 73.7 Å². The molecule has 4 rings (SSSR count). The van der Waals surface area contributed by atoms with Gasteiger partial charge in [-0.15, -0.1) is 0 Å². The molecule has 2 aromatic rings. The van der Waals surface area contributed by atoms with E-state index in [1.54, 1.807) is 22.3 Å². The van der Waals surface area contributed by atoms with Crippen LogP contribution in [-0.4, -0.2) is 49.4 Å². The number of methoxy groups -OCH3 is 1. The van der Waals surface area contributed by atoms with Crippen LogP contribution in [-0.2, 0) is 14.8 Å². The number of hydrogen-bond acceptors (Lipinski definition) is 5. The zero-order valence-electron chi connectivity index (χ0n) is 15.5. The average molecular weight is 391 g/mol. The largest absolute Gasteiger partial charge is 0.497 e. The number of aromatic nitrogens is 2. The highest BCUT2D eigenvalue weighted by Gasteiger charge is 2.37. The third-order valence-corrected chi connectivity index (χ3v) is 7.31. The molecule has 146 valence electrons. The van der Waals surface area contributed by atoms with Crippen LogP contribution in [0.3, 0.4) is 0 Å². The number of benzene rings is 1. The van der Waals surface area contributed by atoms with Gasteiger partial charge in [0, 0.05) is 26.0 Å². The molecule has 0 saturated carbocycles. The first-order valence-corrected chi connectivity index (χ1v) is 10.8. The van der Waals surface area contributed by atoms with Gasteiger partial charge in [0.2, 0.25) is 10.0 Å². The molecular formula is C19H25N3O4S. The van der Waals surface area contributed by atoms with E-state index in [-0.39, 0.29) is 17.0 Å². The molecule has 0 amide bonds. The molecule has 0 aliphatic carbocycles. The lowest BCUT2D eigenvalue weighted by molar-refractivity contribution is 0.0662. The second kappa shape index (κ2) is 7.61. The standard InChI is InChI=1S/C19H25N3O4S/c1-25-17-6-4-15(5-7-17)19-3-2-10-22(19)27(23,24)18-13-20-21(14-18)16-8-11-26-12-9-16/h4-7,13-14,16,19H,2-3,8-12H2,1H3. The van der Waals surface area contributed by atoms with E-state index in [0.717, 1.165) is 37.0 Å². The van der Waals surface area contributed by atoms with Crippen LogP contribution in [0.25, 0.3) is 0 Å². The monoisotopic (exact) mass is 391 g/mol. The van der Waals surface area contributed by atoms with Crippen molar-refractivity contribution in [1.29, 1.82) is 0 Å². The summed E-state index contributed by atoms with van der Waals surface area (Å²) in [5, 5.41) is 4.34. The SMILES string of the molecule is COc1ccc(C2CCCN2S(=O)(=O)c2cnn(C3CCOCC3)c2)cc1. The normalized spacial score (nSPS) is 22.2. The van der Waals surface area contributed by atoms with Gasteiger partial charge in [0.15, 0.2) is 0 Å². The van der Waals surface area contributed by atoms with Crippen molar-refractivity contribution >= 4 is 10.0 Å². The Morgan fingerprint density at radius 2 is 1.89 bits per heavy atom. The molecule has 0 spiro atoms. The van der Waals surface area contributed by atoms with Crippen LogP contribution in [0.15, 0.2) is 41.6 Å². The van der Waals surface area contributed by atoms with Gasteiger partial charge >= 0.3 is 0 Å². The number of hydrogen-bond donors (Lipinski definition) is 0. The fourth-order valence-electron chi connectivity index (χ4n) is 3.93. The molecule has 1 atom stereocenters. The lowest BCUT2D eigenvalue weighted by atomic mass is 10.1. The zero-order valence-corrected chi connectivity index (χ0v) is 16.3. The third kappa shape index (κ3) is 3.61. The first kappa shape index (κ1) is 18.5. The van der Waals surface area contributed by atoms with Crippen LogP contribution in [0.4, 0.5) is 0 Å². The van der Waals surface area contributed by atoms with Crippen molar-refractivity contribution in [3.8, 4) is 5.75 Å². The molecule has 1 aromatic carbocycles. The number of sulfonamides is 1. The molecule has 3 heterocycles. The minimum atomic E-state index is -3.58. The van der Waals surface area contributed by atoms with Crippen LogP contribution >= 0.6 is 0 Å². The Labute approximate surface area is 159 Å². The molecule has 8 heteroatoms. The maximum absolute atomic E-state index is 13.3. The van der Waals surface area contributed by atoms with E-state index in [9.17, 15) is 8.42 Å².